The van der Waals surface area contributed by atoms with E-state index in [1.165, 1.54) is 0 Å². The number of aromatic nitrogens is 2. The third-order valence-electron chi connectivity index (χ3n) is 5.00. The average Bonchev–Trinajstić information content (AvgIpc) is 2.66. The van der Waals surface area contributed by atoms with Crippen LogP contribution in [0.5, 0.6) is 5.75 Å². The number of carbonyl (C=O) groups excluding carboxylic acids is 2. The van der Waals surface area contributed by atoms with Crippen LogP contribution in [0.15, 0.2) is 24.4 Å². The first-order valence-corrected chi connectivity index (χ1v) is 9.21. The molecule has 3 heterocycles. The van der Waals surface area contributed by atoms with Crippen LogP contribution in [0, 0.1) is 0 Å². The molecule has 0 saturated heterocycles. The Kier molecular flexibility index (Phi) is 4.30. The van der Waals surface area contributed by atoms with Crippen LogP contribution in [0.2, 0.25) is 0 Å². The molecule has 4 rings (SSSR count). The van der Waals surface area contributed by atoms with E-state index in [1.54, 1.807) is 11.1 Å². The van der Waals surface area contributed by atoms with Crippen molar-refractivity contribution >= 4 is 23.2 Å². The fraction of sp³-hybridized carbons (Fsp3) is 0.400. The van der Waals surface area contributed by atoms with Gasteiger partial charge in [0.25, 0.3) is 5.91 Å². The molecule has 0 aliphatic carbocycles. The standard InChI is InChI=1S/C20H22N4O3/c1-4-24-16-7-12-13(14-5-6-21-20(23-14)11(2)3)8-18(25)22-15(12)9-17(16)27-10-19(24)26/h5-7,9,11,13H,4,8,10H2,1-3H3,(H,22,25)/t13-/m1/s1. The van der Waals surface area contributed by atoms with Gasteiger partial charge in [-0.15, -0.1) is 0 Å². The maximum absolute atomic E-state index is 12.3. The largest absolute Gasteiger partial charge is 0.481 e. The fourth-order valence-corrected chi connectivity index (χ4v) is 3.63. The molecule has 2 aliphatic heterocycles. The zero-order valence-corrected chi connectivity index (χ0v) is 15.7. The van der Waals surface area contributed by atoms with E-state index in [0.717, 1.165) is 22.8 Å². The third kappa shape index (κ3) is 3.03. The number of benzene rings is 1. The summed E-state index contributed by atoms with van der Waals surface area (Å²) < 4.78 is 5.59. The van der Waals surface area contributed by atoms with Gasteiger partial charge < -0.3 is 15.0 Å². The number of hydrogen-bond donors (Lipinski definition) is 1. The molecule has 0 unspecified atom stereocenters. The van der Waals surface area contributed by atoms with Gasteiger partial charge in [0.1, 0.15) is 11.6 Å². The quantitative estimate of drug-likeness (QED) is 0.903. The maximum atomic E-state index is 12.3. The predicted molar refractivity (Wildman–Crippen MR) is 101 cm³/mol. The van der Waals surface area contributed by atoms with E-state index in [-0.39, 0.29) is 30.3 Å². The van der Waals surface area contributed by atoms with Crippen LogP contribution in [-0.4, -0.2) is 34.9 Å². The molecule has 1 N–H and O–H groups in total. The first-order valence-electron chi connectivity index (χ1n) is 9.21. The smallest absolute Gasteiger partial charge is 0.265 e. The van der Waals surface area contributed by atoms with Gasteiger partial charge in [-0.3, -0.25) is 9.59 Å². The number of fused-ring (bicyclic) bond motifs is 2. The summed E-state index contributed by atoms with van der Waals surface area (Å²) in [5.41, 5.74) is 3.21. The van der Waals surface area contributed by atoms with Gasteiger partial charge in [-0.25, -0.2) is 9.97 Å². The van der Waals surface area contributed by atoms with Gasteiger partial charge in [0.05, 0.1) is 11.4 Å². The highest BCUT2D eigenvalue weighted by atomic mass is 16.5. The Hall–Kier alpha value is -2.96. The highest BCUT2D eigenvalue weighted by Crippen LogP contribution is 2.44. The Labute approximate surface area is 157 Å². The Morgan fingerprint density at radius 2 is 2.15 bits per heavy atom. The zero-order chi connectivity index (χ0) is 19.1. The normalized spacial score (nSPS) is 18.7. The molecule has 1 aromatic heterocycles. The molecule has 0 saturated carbocycles. The van der Waals surface area contributed by atoms with Crippen molar-refractivity contribution in [2.75, 3.05) is 23.4 Å². The van der Waals surface area contributed by atoms with Crippen molar-refractivity contribution in [2.24, 2.45) is 0 Å². The van der Waals surface area contributed by atoms with Crippen LogP contribution in [0.4, 0.5) is 11.4 Å². The summed E-state index contributed by atoms with van der Waals surface area (Å²) >= 11 is 0. The molecule has 0 fully saturated rings. The first kappa shape index (κ1) is 17.5. The summed E-state index contributed by atoms with van der Waals surface area (Å²) in [4.78, 5) is 35.2. The van der Waals surface area contributed by atoms with Crippen LogP contribution >= 0.6 is 0 Å². The molecule has 2 aliphatic rings. The second-order valence-corrected chi connectivity index (χ2v) is 7.13. The average molecular weight is 366 g/mol. The molecule has 1 aromatic carbocycles. The number of rotatable bonds is 3. The summed E-state index contributed by atoms with van der Waals surface area (Å²) in [5.74, 6) is 1.26. The molecule has 27 heavy (non-hydrogen) atoms. The van der Waals surface area contributed by atoms with Crippen molar-refractivity contribution in [1.29, 1.82) is 0 Å². The lowest BCUT2D eigenvalue weighted by molar-refractivity contribution is -0.121. The first-order chi connectivity index (χ1) is 13.0. The molecule has 2 aromatic rings. The van der Waals surface area contributed by atoms with Crippen molar-refractivity contribution in [3.8, 4) is 5.75 Å². The van der Waals surface area contributed by atoms with Crippen molar-refractivity contribution in [2.45, 2.75) is 39.0 Å². The molecule has 140 valence electrons. The SMILES string of the molecule is CCN1C(=O)COc2cc3c(cc21)[C@H](c1ccnc(C(C)C)n1)CC(=O)N3. The Morgan fingerprint density at radius 3 is 2.89 bits per heavy atom. The fourth-order valence-electron chi connectivity index (χ4n) is 3.63. The summed E-state index contributed by atoms with van der Waals surface area (Å²) in [7, 11) is 0. The summed E-state index contributed by atoms with van der Waals surface area (Å²) in [6.45, 7) is 6.60. The number of likely N-dealkylation sites (N-methyl/N-ethyl adjacent to an activating group) is 1. The molecule has 0 bridgehead atoms. The number of nitrogens with one attached hydrogen (secondary N) is 1. The topological polar surface area (TPSA) is 84.4 Å². The number of nitrogens with zero attached hydrogens (tertiary/aromatic N) is 3. The van der Waals surface area contributed by atoms with Crippen molar-refractivity contribution in [1.82, 2.24) is 9.97 Å². The lowest BCUT2D eigenvalue weighted by atomic mass is 9.87. The Morgan fingerprint density at radius 1 is 1.33 bits per heavy atom. The van der Waals surface area contributed by atoms with E-state index < -0.39 is 0 Å². The molecule has 7 heteroatoms. The molecular formula is C20H22N4O3. The maximum Gasteiger partial charge on any atom is 0.265 e. The monoisotopic (exact) mass is 366 g/mol. The molecule has 0 radical (unpaired) electrons. The lowest BCUT2D eigenvalue weighted by Crippen LogP contribution is -2.39. The van der Waals surface area contributed by atoms with Gasteiger partial charge in [-0.05, 0) is 24.6 Å². The third-order valence-corrected chi connectivity index (χ3v) is 5.00. The van der Waals surface area contributed by atoms with Gasteiger partial charge in [-0.2, -0.15) is 0 Å². The highest BCUT2D eigenvalue weighted by Gasteiger charge is 2.32. The number of anilines is 2. The second-order valence-electron chi connectivity index (χ2n) is 7.13. The van der Waals surface area contributed by atoms with Crippen molar-refractivity contribution in [3.63, 3.8) is 0 Å². The van der Waals surface area contributed by atoms with Crippen LogP contribution in [0.1, 0.15) is 56.1 Å². The van der Waals surface area contributed by atoms with Crippen molar-refractivity contribution < 1.29 is 14.3 Å². The minimum atomic E-state index is -0.185. The zero-order valence-electron chi connectivity index (χ0n) is 15.7. The van der Waals surface area contributed by atoms with E-state index in [4.69, 9.17) is 9.72 Å². The predicted octanol–water partition coefficient (Wildman–Crippen LogP) is 2.82. The molecular weight excluding hydrogens is 344 g/mol. The summed E-state index contributed by atoms with van der Waals surface area (Å²) in [6, 6.07) is 5.62. The Balaban J connectivity index is 1.84. The van der Waals surface area contributed by atoms with E-state index in [2.05, 4.69) is 10.3 Å². The van der Waals surface area contributed by atoms with Crippen LogP contribution in [0.3, 0.4) is 0 Å². The van der Waals surface area contributed by atoms with E-state index in [1.807, 2.05) is 39.0 Å². The molecule has 2 amide bonds. The highest BCUT2D eigenvalue weighted by molar-refractivity contribution is 6.01. The van der Waals surface area contributed by atoms with Gasteiger partial charge in [0, 0.05) is 42.8 Å². The van der Waals surface area contributed by atoms with Gasteiger partial charge in [0.15, 0.2) is 6.61 Å². The van der Waals surface area contributed by atoms with E-state index in [9.17, 15) is 9.59 Å². The minimum absolute atomic E-state index is 0.0145. The molecule has 7 nitrogen and oxygen atoms in total. The van der Waals surface area contributed by atoms with Gasteiger partial charge >= 0.3 is 0 Å². The summed E-state index contributed by atoms with van der Waals surface area (Å²) in [5, 5.41) is 2.93. The van der Waals surface area contributed by atoms with E-state index in [0.29, 0.717) is 24.4 Å². The van der Waals surface area contributed by atoms with Crippen molar-refractivity contribution in [3.05, 3.63) is 41.5 Å². The second kappa shape index (κ2) is 6.64. The van der Waals surface area contributed by atoms with Gasteiger partial charge in [-0.1, -0.05) is 13.8 Å². The minimum Gasteiger partial charge on any atom is -0.481 e. The number of ether oxygens (including phenoxy) is 1. The summed E-state index contributed by atoms with van der Waals surface area (Å²) in [6.07, 6.45) is 2.05. The van der Waals surface area contributed by atoms with Crippen LogP contribution < -0.4 is 15.0 Å². The number of carbonyl (C=O) groups is 2. The van der Waals surface area contributed by atoms with Crippen LogP contribution in [0.25, 0.3) is 0 Å². The molecule has 0 spiro atoms. The number of hydrogen-bond acceptors (Lipinski definition) is 5. The number of amides is 2. The molecule has 1 atom stereocenters. The van der Waals surface area contributed by atoms with Gasteiger partial charge in [0.2, 0.25) is 5.91 Å². The Bertz CT molecular complexity index is 925. The lowest BCUT2D eigenvalue weighted by Gasteiger charge is -2.32. The van der Waals surface area contributed by atoms with E-state index >= 15 is 0 Å². The van der Waals surface area contributed by atoms with Crippen LogP contribution in [-0.2, 0) is 9.59 Å².